The normalized spacial score (nSPS) is 11.0. The van der Waals surface area contributed by atoms with E-state index in [-0.39, 0.29) is 0 Å². The molecule has 0 radical (unpaired) electrons. The second-order valence-electron chi connectivity index (χ2n) is 5.94. The number of hydrogen-bond acceptors (Lipinski definition) is 0. The fraction of sp³-hybridized carbons (Fsp3) is 0.0952. The van der Waals surface area contributed by atoms with E-state index in [0.717, 1.165) is 22.4 Å². The van der Waals surface area contributed by atoms with Gasteiger partial charge in [-0.15, -0.1) is 0 Å². The summed E-state index contributed by atoms with van der Waals surface area (Å²) in [5, 5.41) is 0. The molecule has 3 aromatic carbocycles. The van der Waals surface area contributed by atoms with Gasteiger partial charge in [-0.2, -0.15) is 0 Å². The third-order valence-electron chi connectivity index (χ3n) is 4.08. The van der Waals surface area contributed by atoms with Crippen molar-refractivity contribution in [3.63, 3.8) is 0 Å². The minimum absolute atomic E-state index is 1.13. The Bertz CT molecular complexity index is 916. The van der Waals surface area contributed by atoms with Gasteiger partial charge in [-0.3, -0.25) is 9.13 Å². The largest absolute Gasteiger partial charge is 0.292 e. The van der Waals surface area contributed by atoms with Gasteiger partial charge in [0.25, 0.3) is 6.33 Å². The standard InChI is InChI=1S/C21H18N2/c1-16-7-5-9-18(13-16)22-15-23(19-10-6-8-17(2)14-19)21-12-4-3-11-20(21)22/h3-14H,1-2H3. The molecule has 0 saturated carbocycles. The summed E-state index contributed by atoms with van der Waals surface area (Å²) in [5.41, 5.74) is 7.06. The van der Waals surface area contributed by atoms with Crippen LogP contribution >= 0.6 is 0 Å². The Hall–Kier alpha value is -2.87. The number of benzene rings is 3. The van der Waals surface area contributed by atoms with Gasteiger partial charge < -0.3 is 0 Å². The summed E-state index contributed by atoms with van der Waals surface area (Å²) >= 11 is 0. The molecule has 4 rings (SSSR count). The minimum Gasteiger partial charge on any atom is -0.292 e. The van der Waals surface area contributed by atoms with Crippen molar-refractivity contribution in [3.05, 3.63) is 90.3 Å². The van der Waals surface area contributed by atoms with Gasteiger partial charge in [-0.05, 0) is 38.1 Å². The average Bonchev–Trinajstić information content (AvgIpc) is 2.95. The number of hydrogen-bond donors (Lipinski definition) is 0. The quantitative estimate of drug-likeness (QED) is 0.385. The van der Waals surface area contributed by atoms with Crippen molar-refractivity contribution in [1.29, 1.82) is 0 Å². The van der Waals surface area contributed by atoms with Gasteiger partial charge in [0.1, 0.15) is 0 Å². The fourth-order valence-electron chi connectivity index (χ4n) is 2.98. The maximum absolute atomic E-state index is 3.51. The molecule has 0 bridgehead atoms. The van der Waals surface area contributed by atoms with Gasteiger partial charge in [0.2, 0.25) is 0 Å². The molecular weight excluding hydrogens is 280 g/mol. The van der Waals surface area contributed by atoms with E-state index in [9.17, 15) is 0 Å². The topological polar surface area (TPSA) is 8.81 Å². The molecule has 112 valence electrons. The van der Waals surface area contributed by atoms with E-state index in [1.165, 1.54) is 11.1 Å². The van der Waals surface area contributed by atoms with Crippen LogP contribution in [0.5, 0.6) is 0 Å². The number of aromatic nitrogens is 2. The number of rotatable bonds is 2. The second-order valence-corrected chi connectivity index (χ2v) is 5.94. The highest BCUT2D eigenvalue weighted by atomic mass is 15.1. The molecule has 0 aliphatic heterocycles. The molecule has 2 nitrogen and oxygen atoms in total. The lowest BCUT2D eigenvalue weighted by Gasteiger charge is -2.04. The summed E-state index contributed by atoms with van der Waals surface area (Å²) in [6, 6.07) is 25.4. The molecule has 1 aromatic heterocycles. The van der Waals surface area contributed by atoms with E-state index in [0.29, 0.717) is 0 Å². The first-order valence-electron chi connectivity index (χ1n) is 7.81. The van der Waals surface area contributed by atoms with Crippen LogP contribution in [0.3, 0.4) is 0 Å². The highest BCUT2D eigenvalue weighted by Crippen LogP contribution is 2.19. The van der Waals surface area contributed by atoms with E-state index in [1.807, 2.05) is 0 Å². The van der Waals surface area contributed by atoms with Gasteiger partial charge in [0, 0.05) is 0 Å². The minimum atomic E-state index is 1.13. The maximum Gasteiger partial charge on any atom is 0.269 e. The first kappa shape index (κ1) is 13.8. The summed E-state index contributed by atoms with van der Waals surface area (Å²) in [7, 11) is 0. The highest BCUT2D eigenvalue weighted by molar-refractivity contribution is 5.74. The summed E-state index contributed by atoms with van der Waals surface area (Å²) < 4.78 is 4.26. The third-order valence-corrected chi connectivity index (χ3v) is 4.08. The van der Waals surface area contributed by atoms with Crippen LogP contribution in [0.2, 0.25) is 0 Å². The Balaban J connectivity index is 2.01. The van der Waals surface area contributed by atoms with Crippen molar-refractivity contribution >= 4 is 11.0 Å². The van der Waals surface area contributed by atoms with Crippen LogP contribution < -0.4 is 4.57 Å². The molecule has 4 aromatic rings. The molecule has 0 atom stereocenters. The van der Waals surface area contributed by atoms with E-state index in [2.05, 4.69) is 102 Å². The average molecular weight is 298 g/mol. The molecule has 0 fully saturated rings. The number of aryl methyl sites for hydroxylation is 2. The molecule has 2 heteroatoms. The van der Waals surface area contributed by atoms with Crippen molar-refractivity contribution in [1.82, 2.24) is 4.57 Å². The Labute approximate surface area is 136 Å². The smallest absolute Gasteiger partial charge is 0.269 e. The van der Waals surface area contributed by atoms with E-state index < -0.39 is 0 Å². The highest BCUT2D eigenvalue weighted by Gasteiger charge is 2.11. The van der Waals surface area contributed by atoms with Crippen LogP contribution in [0, 0.1) is 20.2 Å². The van der Waals surface area contributed by atoms with Crippen molar-refractivity contribution in [3.8, 4) is 11.4 Å². The first-order valence-corrected chi connectivity index (χ1v) is 7.81. The van der Waals surface area contributed by atoms with Crippen molar-refractivity contribution < 1.29 is 4.57 Å². The van der Waals surface area contributed by atoms with Gasteiger partial charge in [-0.1, -0.05) is 59.7 Å². The van der Waals surface area contributed by atoms with E-state index in [1.54, 1.807) is 0 Å². The van der Waals surface area contributed by atoms with Crippen LogP contribution in [-0.4, -0.2) is 4.57 Å². The van der Waals surface area contributed by atoms with Crippen molar-refractivity contribution in [2.45, 2.75) is 13.8 Å². The number of nitrogens with zero attached hydrogens (tertiary/aromatic N) is 2. The molecule has 0 N–H and O–H groups in total. The van der Waals surface area contributed by atoms with Gasteiger partial charge in [-0.25, -0.2) is 0 Å². The SMILES string of the molecule is Cc1cccc(-n2[c-][n+](-c3cccc(C)c3)c3ccccc32)c1. The van der Waals surface area contributed by atoms with Crippen molar-refractivity contribution in [2.24, 2.45) is 0 Å². The zero-order chi connectivity index (χ0) is 15.8. The number of para-hydroxylation sites is 2. The van der Waals surface area contributed by atoms with E-state index >= 15 is 0 Å². The number of imidazole rings is 1. The summed E-state index contributed by atoms with van der Waals surface area (Å²) in [5.74, 6) is 0. The molecule has 0 aliphatic rings. The van der Waals surface area contributed by atoms with Gasteiger partial charge in [0.05, 0.1) is 22.4 Å². The third kappa shape index (κ3) is 2.42. The summed E-state index contributed by atoms with van der Waals surface area (Å²) in [6.45, 7) is 4.23. The molecular formula is C21H18N2. The monoisotopic (exact) mass is 298 g/mol. The predicted molar refractivity (Wildman–Crippen MR) is 93.1 cm³/mol. The van der Waals surface area contributed by atoms with E-state index in [4.69, 9.17) is 0 Å². The Morgan fingerprint density at radius 2 is 1.52 bits per heavy atom. The van der Waals surface area contributed by atoms with Crippen LogP contribution in [0.4, 0.5) is 0 Å². The second kappa shape index (κ2) is 5.40. The number of fused-ring (bicyclic) bond motifs is 1. The van der Waals surface area contributed by atoms with Gasteiger partial charge >= 0.3 is 0 Å². The molecule has 0 amide bonds. The zero-order valence-electron chi connectivity index (χ0n) is 13.3. The molecule has 0 saturated heterocycles. The van der Waals surface area contributed by atoms with Crippen molar-refractivity contribution in [2.75, 3.05) is 0 Å². The predicted octanol–water partition coefficient (Wildman–Crippen LogP) is 4.32. The molecule has 0 spiro atoms. The lowest BCUT2D eigenvalue weighted by Crippen LogP contribution is -2.29. The fourth-order valence-corrected chi connectivity index (χ4v) is 2.98. The summed E-state index contributed by atoms with van der Waals surface area (Å²) in [4.78, 5) is 0. The van der Waals surface area contributed by atoms with Crippen LogP contribution in [0.1, 0.15) is 11.1 Å². The Morgan fingerprint density at radius 3 is 2.30 bits per heavy atom. The zero-order valence-corrected chi connectivity index (χ0v) is 13.3. The molecule has 0 aliphatic carbocycles. The van der Waals surface area contributed by atoms with Crippen LogP contribution in [0.25, 0.3) is 22.4 Å². The van der Waals surface area contributed by atoms with Crippen LogP contribution in [0.15, 0.2) is 72.8 Å². The Kier molecular flexibility index (Phi) is 3.23. The summed E-state index contributed by atoms with van der Waals surface area (Å²) in [6.07, 6.45) is 3.51. The first-order chi connectivity index (χ1) is 11.2. The lowest BCUT2D eigenvalue weighted by molar-refractivity contribution is -0.572. The molecule has 23 heavy (non-hydrogen) atoms. The lowest BCUT2D eigenvalue weighted by atomic mass is 10.2. The molecule has 1 heterocycles. The maximum atomic E-state index is 3.51. The Morgan fingerprint density at radius 1 is 0.783 bits per heavy atom. The van der Waals surface area contributed by atoms with Gasteiger partial charge in [0.15, 0.2) is 0 Å². The molecule has 0 unspecified atom stereocenters. The van der Waals surface area contributed by atoms with Crippen LogP contribution in [-0.2, 0) is 0 Å².